The molecule has 0 saturated carbocycles. The Morgan fingerprint density at radius 3 is 2.11 bits per heavy atom. The lowest BCUT2D eigenvalue weighted by atomic mass is 9.81. The van der Waals surface area contributed by atoms with Gasteiger partial charge in [-0.3, -0.25) is 0 Å². The van der Waals surface area contributed by atoms with E-state index in [0.29, 0.717) is 12.1 Å². The van der Waals surface area contributed by atoms with E-state index in [1.54, 1.807) is 31.4 Å². The summed E-state index contributed by atoms with van der Waals surface area (Å²) in [6.45, 7) is 1.85. The monoisotopic (exact) mass is 393 g/mol. The van der Waals surface area contributed by atoms with Crippen LogP contribution in [0.3, 0.4) is 0 Å². The van der Waals surface area contributed by atoms with Gasteiger partial charge in [-0.15, -0.1) is 0 Å². The maximum atomic E-state index is 13.6. The molecule has 144 valence electrons. The smallest absolute Gasteiger partial charge is 0.266 e. The molecular weight excluding hydrogens is 370 g/mol. The van der Waals surface area contributed by atoms with Gasteiger partial charge in [-0.05, 0) is 36.2 Å². The number of sulfonamides is 1. The second-order valence-electron chi connectivity index (χ2n) is 7.19. The van der Waals surface area contributed by atoms with Crippen LogP contribution >= 0.6 is 0 Å². The van der Waals surface area contributed by atoms with E-state index in [1.807, 2.05) is 55.5 Å². The summed E-state index contributed by atoms with van der Waals surface area (Å²) in [5.41, 5.74) is 1.79. The molecule has 0 aliphatic carbocycles. The lowest BCUT2D eigenvalue weighted by Gasteiger charge is -2.47. The van der Waals surface area contributed by atoms with Crippen molar-refractivity contribution in [1.29, 1.82) is 0 Å². The topological polar surface area (TPSA) is 46.6 Å². The average Bonchev–Trinajstić information content (AvgIpc) is 2.74. The molecule has 3 aromatic carbocycles. The van der Waals surface area contributed by atoms with Gasteiger partial charge in [-0.25, -0.2) is 12.7 Å². The zero-order chi connectivity index (χ0) is 19.8. The second kappa shape index (κ2) is 7.08. The van der Waals surface area contributed by atoms with E-state index < -0.39 is 15.7 Å². The van der Waals surface area contributed by atoms with E-state index in [9.17, 15) is 8.42 Å². The highest BCUT2D eigenvalue weighted by Crippen LogP contribution is 2.48. The highest BCUT2D eigenvalue weighted by molar-refractivity contribution is 7.93. The number of nitrogens with zero attached hydrogens (tertiary/aromatic N) is 1. The van der Waals surface area contributed by atoms with Crippen molar-refractivity contribution in [2.75, 3.05) is 11.4 Å². The minimum atomic E-state index is -3.79. The number of hydrogen-bond acceptors (Lipinski definition) is 3. The summed E-state index contributed by atoms with van der Waals surface area (Å²) in [4.78, 5) is 0.256. The van der Waals surface area contributed by atoms with Crippen LogP contribution in [0.25, 0.3) is 0 Å². The van der Waals surface area contributed by atoms with Gasteiger partial charge in [0.2, 0.25) is 0 Å². The number of benzene rings is 3. The summed E-state index contributed by atoms with van der Waals surface area (Å²) >= 11 is 0. The van der Waals surface area contributed by atoms with Crippen molar-refractivity contribution < 1.29 is 13.2 Å². The fourth-order valence-electron chi connectivity index (χ4n) is 4.02. The maximum absolute atomic E-state index is 13.6. The minimum absolute atomic E-state index is 0.0459. The first-order valence-electron chi connectivity index (χ1n) is 9.27. The fourth-order valence-corrected chi connectivity index (χ4v) is 5.82. The molecule has 2 unspecified atom stereocenters. The molecule has 0 spiro atoms. The SMILES string of the molecule is COC1(C)CC(c2ccccc2)c2ccccc2N1S(=O)(=O)c1ccccc1. The van der Waals surface area contributed by atoms with Crippen LogP contribution in [0.2, 0.25) is 0 Å². The molecular formula is C23H23NO3S. The van der Waals surface area contributed by atoms with E-state index in [0.717, 1.165) is 11.1 Å². The average molecular weight is 394 g/mol. The molecule has 4 nitrogen and oxygen atoms in total. The first-order valence-corrected chi connectivity index (χ1v) is 10.7. The van der Waals surface area contributed by atoms with Crippen molar-refractivity contribution in [2.45, 2.75) is 29.9 Å². The summed E-state index contributed by atoms with van der Waals surface area (Å²) in [7, 11) is -2.22. The van der Waals surface area contributed by atoms with Crippen molar-refractivity contribution in [1.82, 2.24) is 0 Å². The van der Waals surface area contributed by atoms with Crippen LogP contribution < -0.4 is 4.31 Å². The number of fused-ring (bicyclic) bond motifs is 1. The van der Waals surface area contributed by atoms with Crippen LogP contribution in [0, 0.1) is 0 Å². The van der Waals surface area contributed by atoms with Gasteiger partial charge in [0.1, 0.15) is 0 Å². The van der Waals surface area contributed by atoms with Crippen molar-refractivity contribution in [3.8, 4) is 0 Å². The second-order valence-corrected chi connectivity index (χ2v) is 8.97. The van der Waals surface area contributed by atoms with Crippen LogP contribution in [0.1, 0.15) is 30.4 Å². The Kier molecular flexibility index (Phi) is 4.73. The number of rotatable bonds is 4. The first-order chi connectivity index (χ1) is 13.5. The number of anilines is 1. The molecule has 1 aliphatic heterocycles. The summed E-state index contributed by atoms with van der Waals surface area (Å²) < 4.78 is 34.5. The molecule has 2 atom stereocenters. The van der Waals surface area contributed by atoms with Gasteiger partial charge in [0, 0.05) is 19.4 Å². The Morgan fingerprint density at radius 1 is 0.893 bits per heavy atom. The lowest BCUT2D eigenvalue weighted by Crippen LogP contribution is -2.55. The number of para-hydroxylation sites is 1. The summed E-state index contributed by atoms with van der Waals surface area (Å²) in [5.74, 6) is 0.0459. The lowest BCUT2D eigenvalue weighted by molar-refractivity contribution is 0.00239. The van der Waals surface area contributed by atoms with Gasteiger partial charge < -0.3 is 4.74 Å². The first kappa shape index (κ1) is 18.7. The van der Waals surface area contributed by atoms with E-state index >= 15 is 0 Å². The Morgan fingerprint density at radius 2 is 1.46 bits per heavy atom. The Balaban J connectivity index is 1.93. The normalized spacial score (nSPS) is 21.9. The van der Waals surface area contributed by atoms with Crippen molar-refractivity contribution in [3.05, 3.63) is 96.1 Å². The molecule has 4 rings (SSSR count). The van der Waals surface area contributed by atoms with Crippen molar-refractivity contribution in [2.24, 2.45) is 0 Å². The Labute approximate surface area is 166 Å². The highest BCUT2D eigenvalue weighted by Gasteiger charge is 2.48. The largest absolute Gasteiger partial charge is 0.358 e. The molecule has 3 aromatic rings. The molecule has 0 amide bonds. The van der Waals surface area contributed by atoms with Crippen LogP contribution in [0.15, 0.2) is 89.8 Å². The van der Waals surface area contributed by atoms with E-state index in [4.69, 9.17) is 4.74 Å². The van der Waals surface area contributed by atoms with Gasteiger partial charge in [-0.1, -0.05) is 66.7 Å². The van der Waals surface area contributed by atoms with Crippen LogP contribution in [0.4, 0.5) is 5.69 Å². The van der Waals surface area contributed by atoms with Crippen LogP contribution in [-0.2, 0) is 14.8 Å². The number of ether oxygens (including phenoxy) is 1. The molecule has 5 heteroatoms. The maximum Gasteiger partial charge on any atom is 0.266 e. The molecule has 1 aliphatic rings. The third-order valence-electron chi connectivity index (χ3n) is 5.47. The van der Waals surface area contributed by atoms with Gasteiger partial charge in [0.05, 0.1) is 10.6 Å². The van der Waals surface area contributed by atoms with Crippen molar-refractivity contribution in [3.63, 3.8) is 0 Å². The molecule has 28 heavy (non-hydrogen) atoms. The van der Waals surface area contributed by atoms with Gasteiger partial charge in [0.15, 0.2) is 5.72 Å². The minimum Gasteiger partial charge on any atom is -0.358 e. The Hall–Kier alpha value is -2.63. The fraction of sp³-hybridized carbons (Fsp3) is 0.217. The highest BCUT2D eigenvalue weighted by atomic mass is 32.2. The molecule has 0 saturated heterocycles. The molecule has 0 aromatic heterocycles. The molecule has 0 radical (unpaired) electrons. The molecule has 0 bridgehead atoms. The van der Waals surface area contributed by atoms with E-state index in [1.165, 1.54) is 4.31 Å². The summed E-state index contributed by atoms with van der Waals surface area (Å²) in [6, 6.07) is 26.4. The summed E-state index contributed by atoms with van der Waals surface area (Å²) in [6.07, 6.45) is 0.524. The zero-order valence-electron chi connectivity index (χ0n) is 15.9. The van der Waals surface area contributed by atoms with E-state index in [-0.39, 0.29) is 10.8 Å². The number of hydrogen-bond donors (Lipinski definition) is 0. The predicted octanol–water partition coefficient (Wildman–Crippen LogP) is 4.78. The third-order valence-corrected chi connectivity index (χ3v) is 7.40. The summed E-state index contributed by atoms with van der Waals surface area (Å²) in [5, 5.41) is 0. The van der Waals surface area contributed by atoms with Crippen molar-refractivity contribution >= 4 is 15.7 Å². The predicted molar refractivity (Wildman–Crippen MR) is 111 cm³/mol. The van der Waals surface area contributed by atoms with Crippen LogP contribution in [0.5, 0.6) is 0 Å². The van der Waals surface area contributed by atoms with Gasteiger partial charge in [0.25, 0.3) is 10.0 Å². The molecule has 0 fully saturated rings. The van der Waals surface area contributed by atoms with Gasteiger partial charge in [-0.2, -0.15) is 0 Å². The standard InChI is InChI=1S/C23H23NO3S/c1-23(27-2)17-21(18-11-5-3-6-12-18)20-15-9-10-16-22(20)24(23)28(25,26)19-13-7-4-8-14-19/h3-16,21H,17H2,1-2H3. The third kappa shape index (κ3) is 3.01. The Bertz CT molecular complexity index is 1070. The van der Waals surface area contributed by atoms with E-state index in [2.05, 4.69) is 12.1 Å². The quantitative estimate of drug-likeness (QED) is 0.641. The zero-order valence-corrected chi connectivity index (χ0v) is 16.8. The van der Waals surface area contributed by atoms with Gasteiger partial charge >= 0.3 is 0 Å². The molecule has 1 heterocycles. The molecule has 0 N–H and O–H groups in total. The number of methoxy groups -OCH3 is 1. The van der Waals surface area contributed by atoms with Crippen LogP contribution in [-0.4, -0.2) is 21.3 Å².